The molecule has 1 saturated heterocycles. The van der Waals surface area contributed by atoms with Crippen LogP contribution in [0.1, 0.15) is 18.1 Å². The van der Waals surface area contributed by atoms with Crippen LogP contribution in [0, 0.1) is 0 Å². The van der Waals surface area contributed by atoms with Crippen LogP contribution >= 0.6 is 0 Å². The molecule has 1 fully saturated rings. The molecule has 1 aliphatic heterocycles. The predicted molar refractivity (Wildman–Crippen MR) is 87.7 cm³/mol. The molecule has 0 spiro atoms. The second-order valence-corrected chi connectivity index (χ2v) is 5.52. The van der Waals surface area contributed by atoms with Crippen LogP contribution in [-0.4, -0.2) is 62.8 Å². The lowest BCUT2D eigenvalue weighted by Crippen LogP contribution is -2.52. The van der Waals surface area contributed by atoms with Crippen molar-refractivity contribution < 1.29 is 28.6 Å². The largest absolute Gasteiger partial charge is 0.469 e. The number of ether oxygens (including phenoxy) is 3. The number of rotatable bonds is 5. The van der Waals surface area contributed by atoms with Crippen molar-refractivity contribution in [2.45, 2.75) is 18.6 Å². The number of morpholine rings is 1. The molecule has 0 aliphatic carbocycles. The number of methoxy groups -OCH3 is 2. The molecule has 1 heterocycles. The van der Waals surface area contributed by atoms with Crippen molar-refractivity contribution in [3.05, 3.63) is 35.9 Å². The first-order chi connectivity index (χ1) is 12.0. The maximum absolute atomic E-state index is 12.5. The van der Waals surface area contributed by atoms with Crippen LogP contribution in [0.3, 0.4) is 0 Å². The van der Waals surface area contributed by atoms with E-state index in [1.54, 1.807) is 4.90 Å². The first-order valence-corrected chi connectivity index (χ1v) is 7.91. The second-order valence-electron chi connectivity index (χ2n) is 5.52. The van der Waals surface area contributed by atoms with Crippen LogP contribution in [0.15, 0.2) is 30.3 Å². The van der Waals surface area contributed by atoms with E-state index in [2.05, 4.69) is 14.8 Å². The fourth-order valence-corrected chi connectivity index (χ4v) is 2.53. The predicted octanol–water partition coefficient (Wildman–Crippen LogP) is 0.874. The van der Waals surface area contributed by atoms with Gasteiger partial charge in [0.2, 0.25) is 0 Å². The van der Waals surface area contributed by atoms with Crippen LogP contribution in [-0.2, 0) is 23.8 Å². The molecule has 0 saturated carbocycles. The van der Waals surface area contributed by atoms with Crippen LogP contribution < -0.4 is 5.32 Å². The third-order valence-electron chi connectivity index (χ3n) is 3.91. The maximum Gasteiger partial charge on any atom is 0.329 e. The molecule has 8 heteroatoms. The molecule has 1 unspecified atom stereocenters. The summed E-state index contributed by atoms with van der Waals surface area (Å²) < 4.78 is 14.9. The standard InChI is InChI=1S/C17H22N2O6/c1-23-15(20)10-13(16(21)24-2)18-17(22)19-8-9-25-14(11-19)12-6-4-3-5-7-12/h3-7,13-14H,8-11H2,1-2H3,(H,18,22)/t13-,14?/m0/s1. The van der Waals surface area contributed by atoms with E-state index in [9.17, 15) is 14.4 Å². The number of amides is 2. The topological polar surface area (TPSA) is 94.2 Å². The molecule has 136 valence electrons. The highest BCUT2D eigenvalue weighted by Crippen LogP contribution is 2.22. The molecule has 0 bridgehead atoms. The maximum atomic E-state index is 12.5. The minimum absolute atomic E-state index is 0.238. The molecule has 2 amide bonds. The average Bonchev–Trinajstić information content (AvgIpc) is 2.67. The molecule has 25 heavy (non-hydrogen) atoms. The van der Waals surface area contributed by atoms with Crippen LogP contribution in [0.2, 0.25) is 0 Å². The van der Waals surface area contributed by atoms with E-state index in [1.807, 2.05) is 30.3 Å². The van der Waals surface area contributed by atoms with Gasteiger partial charge in [-0.2, -0.15) is 0 Å². The summed E-state index contributed by atoms with van der Waals surface area (Å²) in [6.45, 7) is 1.12. The Balaban J connectivity index is 2.00. The first-order valence-electron chi connectivity index (χ1n) is 7.91. The van der Waals surface area contributed by atoms with Gasteiger partial charge in [0, 0.05) is 6.54 Å². The van der Waals surface area contributed by atoms with Crippen molar-refractivity contribution in [2.75, 3.05) is 33.9 Å². The van der Waals surface area contributed by atoms with Crippen molar-refractivity contribution in [1.29, 1.82) is 0 Å². The third kappa shape index (κ3) is 5.18. The zero-order chi connectivity index (χ0) is 18.2. The van der Waals surface area contributed by atoms with Gasteiger partial charge in [0.1, 0.15) is 12.1 Å². The summed E-state index contributed by atoms with van der Waals surface area (Å²) in [6, 6.07) is 8.03. The van der Waals surface area contributed by atoms with Crippen molar-refractivity contribution >= 4 is 18.0 Å². The summed E-state index contributed by atoms with van der Waals surface area (Å²) >= 11 is 0. The zero-order valence-corrected chi connectivity index (χ0v) is 14.3. The number of carbonyl (C=O) groups is 3. The number of hydrogen-bond donors (Lipinski definition) is 1. The summed E-state index contributed by atoms with van der Waals surface area (Å²) in [4.78, 5) is 37.2. The number of nitrogens with one attached hydrogen (secondary N) is 1. The normalized spacial score (nSPS) is 18.2. The minimum atomic E-state index is -1.09. The average molecular weight is 350 g/mol. The lowest BCUT2D eigenvalue weighted by Gasteiger charge is -2.33. The van der Waals surface area contributed by atoms with Gasteiger partial charge in [-0.05, 0) is 5.56 Å². The molecule has 0 aromatic heterocycles. The fraction of sp³-hybridized carbons (Fsp3) is 0.471. The lowest BCUT2D eigenvalue weighted by atomic mass is 10.1. The Morgan fingerprint density at radius 1 is 1.24 bits per heavy atom. The van der Waals surface area contributed by atoms with Gasteiger partial charge in [-0.25, -0.2) is 9.59 Å². The molecule has 2 atom stereocenters. The van der Waals surface area contributed by atoms with Crippen molar-refractivity contribution in [3.8, 4) is 0 Å². The second kappa shape index (κ2) is 9.03. The van der Waals surface area contributed by atoms with E-state index in [1.165, 1.54) is 14.2 Å². The number of urea groups is 1. The van der Waals surface area contributed by atoms with Gasteiger partial charge < -0.3 is 24.4 Å². The summed E-state index contributed by atoms with van der Waals surface area (Å²) in [6.07, 6.45) is -0.528. The van der Waals surface area contributed by atoms with Crippen LogP contribution in [0.5, 0.6) is 0 Å². The Labute approximate surface area is 146 Å². The van der Waals surface area contributed by atoms with E-state index >= 15 is 0 Å². The lowest BCUT2D eigenvalue weighted by molar-refractivity contribution is -0.149. The Hall–Kier alpha value is -2.61. The summed E-state index contributed by atoms with van der Waals surface area (Å²) in [7, 11) is 2.41. The van der Waals surface area contributed by atoms with E-state index in [0.717, 1.165) is 5.56 Å². The molecule has 1 aromatic carbocycles. The van der Waals surface area contributed by atoms with Crippen LogP contribution in [0.25, 0.3) is 0 Å². The highest BCUT2D eigenvalue weighted by molar-refractivity contribution is 5.87. The number of nitrogens with zero attached hydrogens (tertiary/aromatic N) is 1. The molecule has 1 N–H and O–H groups in total. The SMILES string of the molecule is COC(=O)C[C@H](NC(=O)N1CCOC(c2ccccc2)C1)C(=O)OC. The third-order valence-corrected chi connectivity index (χ3v) is 3.91. The van der Waals surface area contributed by atoms with Gasteiger partial charge in [0.15, 0.2) is 0 Å². The quantitative estimate of drug-likeness (QED) is 0.792. The number of hydrogen-bond acceptors (Lipinski definition) is 6. The monoisotopic (exact) mass is 350 g/mol. The summed E-state index contributed by atoms with van der Waals surface area (Å²) in [5, 5.41) is 2.53. The highest BCUT2D eigenvalue weighted by Gasteiger charge is 2.30. The Morgan fingerprint density at radius 3 is 2.60 bits per heavy atom. The smallest absolute Gasteiger partial charge is 0.329 e. The number of carbonyl (C=O) groups excluding carboxylic acids is 3. The molecular formula is C17H22N2O6. The molecular weight excluding hydrogens is 328 g/mol. The molecule has 8 nitrogen and oxygen atoms in total. The Kier molecular flexibility index (Phi) is 6.76. The summed E-state index contributed by atoms with van der Waals surface area (Å²) in [5.41, 5.74) is 0.971. The van der Waals surface area contributed by atoms with E-state index < -0.39 is 24.0 Å². The Bertz CT molecular complexity index is 606. The van der Waals surface area contributed by atoms with Gasteiger partial charge in [0.05, 0.1) is 33.8 Å². The van der Waals surface area contributed by atoms with Gasteiger partial charge in [-0.15, -0.1) is 0 Å². The molecule has 1 aromatic rings. The van der Waals surface area contributed by atoms with E-state index in [4.69, 9.17) is 4.74 Å². The molecule has 2 rings (SSSR count). The van der Waals surface area contributed by atoms with Gasteiger partial charge in [-0.3, -0.25) is 4.79 Å². The van der Waals surface area contributed by atoms with Gasteiger partial charge in [0.25, 0.3) is 0 Å². The fourth-order valence-electron chi connectivity index (χ4n) is 2.53. The first kappa shape index (κ1) is 18.7. The number of esters is 2. The number of benzene rings is 1. The van der Waals surface area contributed by atoms with Gasteiger partial charge >= 0.3 is 18.0 Å². The molecule has 0 radical (unpaired) electrons. The van der Waals surface area contributed by atoms with Gasteiger partial charge in [-0.1, -0.05) is 30.3 Å². The molecule has 1 aliphatic rings. The van der Waals surface area contributed by atoms with Crippen molar-refractivity contribution in [2.24, 2.45) is 0 Å². The summed E-state index contributed by atoms with van der Waals surface area (Å²) in [5.74, 6) is -1.31. The van der Waals surface area contributed by atoms with Crippen LogP contribution in [0.4, 0.5) is 4.79 Å². The van der Waals surface area contributed by atoms with Crippen molar-refractivity contribution in [1.82, 2.24) is 10.2 Å². The highest BCUT2D eigenvalue weighted by atomic mass is 16.5. The zero-order valence-electron chi connectivity index (χ0n) is 14.3. The van der Waals surface area contributed by atoms with Crippen molar-refractivity contribution in [3.63, 3.8) is 0 Å². The van der Waals surface area contributed by atoms with E-state index in [-0.39, 0.29) is 12.5 Å². The minimum Gasteiger partial charge on any atom is -0.469 e. The Morgan fingerprint density at radius 2 is 1.96 bits per heavy atom. The van der Waals surface area contributed by atoms with E-state index in [0.29, 0.717) is 19.7 Å².